The van der Waals surface area contributed by atoms with Crippen molar-refractivity contribution < 1.29 is 28.7 Å². The SMILES string of the molecule is CC(=O)c1cccc(OCC(=O)OCC(=O)N2c3ccccc3NC(=O)C[C@@H]2C)c1. The van der Waals surface area contributed by atoms with Crippen LogP contribution in [-0.4, -0.2) is 42.8 Å². The lowest BCUT2D eigenvalue weighted by molar-refractivity contribution is -0.149. The highest BCUT2D eigenvalue weighted by atomic mass is 16.6. The number of ether oxygens (including phenoxy) is 2. The molecule has 0 spiro atoms. The van der Waals surface area contributed by atoms with E-state index in [9.17, 15) is 19.2 Å². The van der Waals surface area contributed by atoms with Crippen LogP contribution in [-0.2, 0) is 19.1 Å². The second-order valence-electron chi connectivity index (χ2n) is 6.92. The van der Waals surface area contributed by atoms with Gasteiger partial charge < -0.3 is 19.7 Å². The van der Waals surface area contributed by atoms with Crippen LogP contribution in [0.2, 0.25) is 0 Å². The quantitative estimate of drug-likeness (QED) is 0.580. The predicted octanol–water partition coefficient (Wildman–Crippen LogP) is 2.58. The third kappa shape index (κ3) is 5.02. The summed E-state index contributed by atoms with van der Waals surface area (Å²) in [5.41, 5.74) is 1.54. The number of nitrogens with one attached hydrogen (secondary N) is 1. The van der Waals surface area contributed by atoms with Crippen molar-refractivity contribution in [2.24, 2.45) is 0 Å². The summed E-state index contributed by atoms with van der Waals surface area (Å²) in [4.78, 5) is 49.6. The van der Waals surface area contributed by atoms with E-state index in [-0.39, 0.29) is 18.1 Å². The van der Waals surface area contributed by atoms with Crippen molar-refractivity contribution in [1.82, 2.24) is 0 Å². The highest BCUT2D eigenvalue weighted by Gasteiger charge is 2.30. The van der Waals surface area contributed by atoms with Gasteiger partial charge >= 0.3 is 5.97 Å². The Morgan fingerprint density at radius 1 is 1.10 bits per heavy atom. The molecule has 0 fully saturated rings. The van der Waals surface area contributed by atoms with E-state index in [2.05, 4.69) is 5.32 Å². The molecule has 8 heteroatoms. The Labute approximate surface area is 173 Å². The Bertz CT molecular complexity index is 987. The normalized spacial score (nSPS) is 15.5. The Kier molecular flexibility index (Phi) is 6.46. The number of hydrogen-bond donors (Lipinski definition) is 1. The van der Waals surface area contributed by atoms with E-state index in [0.717, 1.165) is 0 Å². The summed E-state index contributed by atoms with van der Waals surface area (Å²) in [7, 11) is 0. The highest BCUT2D eigenvalue weighted by molar-refractivity contribution is 6.05. The third-order valence-corrected chi connectivity index (χ3v) is 4.58. The number of nitrogens with zero attached hydrogens (tertiary/aromatic N) is 1. The zero-order valence-electron chi connectivity index (χ0n) is 16.7. The molecule has 1 heterocycles. The highest BCUT2D eigenvalue weighted by Crippen LogP contribution is 2.31. The number of fused-ring (bicyclic) bond motifs is 1. The number of amides is 2. The molecule has 1 N–H and O–H groups in total. The first kappa shape index (κ1) is 21.0. The number of Topliss-reactive ketones (excluding diaryl/α,β-unsaturated/α-hetero) is 1. The van der Waals surface area contributed by atoms with Gasteiger partial charge in [0.2, 0.25) is 5.91 Å². The fourth-order valence-corrected chi connectivity index (χ4v) is 3.17. The van der Waals surface area contributed by atoms with Gasteiger partial charge in [-0.2, -0.15) is 0 Å². The van der Waals surface area contributed by atoms with E-state index in [1.807, 2.05) is 0 Å². The van der Waals surface area contributed by atoms with E-state index in [0.29, 0.717) is 22.7 Å². The van der Waals surface area contributed by atoms with E-state index in [1.54, 1.807) is 49.4 Å². The Morgan fingerprint density at radius 3 is 2.63 bits per heavy atom. The largest absolute Gasteiger partial charge is 0.482 e. The van der Waals surface area contributed by atoms with Crippen LogP contribution in [0.3, 0.4) is 0 Å². The zero-order valence-corrected chi connectivity index (χ0v) is 16.7. The molecule has 0 aliphatic carbocycles. The number of rotatable bonds is 6. The number of hydrogen-bond acceptors (Lipinski definition) is 6. The maximum absolute atomic E-state index is 12.8. The summed E-state index contributed by atoms with van der Waals surface area (Å²) in [6.07, 6.45) is 0.129. The fourth-order valence-electron chi connectivity index (χ4n) is 3.17. The minimum absolute atomic E-state index is 0.117. The van der Waals surface area contributed by atoms with Gasteiger partial charge in [-0.3, -0.25) is 14.4 Å². The number of benzene rings is 2. The maximum Gasteiger partial charge on any atom is 0.344 e. The van der Waals surface area contributed by atoms with E-state index < -0.39 is 31.1 Å². The summed E-state index contributed by atoms with van der Waals surface area (Å²) in [5.74, 6) is -1.12. The molecule has 0 unspecified atom stereocenters. The van der Waals surface area contributed by atoms with Gasteiger partial charge in [-0.1, -0.05) is 24.3 Å². The molecule has 2 aromatic rings. The minimum Gasteiger partial charge on any atom is -0.482 e. The monoisotopic (exact) mass is 410 g/mol. The van der Waals surface area contributed by atoms with Crippen molar-refractivity contribution in [3.63, 3.8) is 0 Å². The standard InChI is InChI=1S/C22H22N2O6/c1-14-10-20(26)23-18-8-3-4-9-19(18)24(14)21(27)12-30-22(28)13-29-17-7-5-6-16(11-17)15(2)25/h3-9,11,14H,10,12-13H2,1-2H3,(H,23,26)/t14-/m0/s1. The number of ketones is 1. The Hall–Kier alpha value is -3.68. The topological polar surface area (TPSA) is 102 Å². The first-order valence-electron chi connectivity index (χ1n) is 9.45. The molecule has 0 saturated heterocycles. The predicted molar refractivity (Wildman–Crippen MR) is 110 cm³/mol. The van der Waals surface area contributed by atoms with Gasteiger partial charge in [0.05, 0.1) is 11.4 Å². The maximum atomic E-state index is 12.8. The lowest BCUT2D eigenvalue weighted by Gasteiger charge is -2.27. The van der Waals surface area contributed by atoms with Crippen LogP contribution in [0, 0.1) is 0 Å². The minimum atomic E-state index is -0.721. The molecule has 8 nitrogen and oxygen atoms in total. The van der Waals surface area contributed by atoms with E-state index in [4.69, 9.17) is 9.47 Å². The van der Waals surface area contributed by atoms with Gasteiger partial charge in [-0.25, -0.2) is 4.79 Å². The van der Waals surface area contributed by atoms with Crippen molar-refractivity contribution >= 4 is 34.9 Å². The molecule has 0 bridgehead atoms. The molecule has 156 valence electrons. The molecular weight excluding hydrogens is 388 g/mol. The van der Waals surface area contributed by atoms with Crippen LogP contribution in [0.4, 0.5) is 11.4 Å². The van der Waals surface area contributed by atoms with Gasteiger partial charge in [0.25, 0.3) is 5.91 Å². The Morgan fingerprint density at radius 2 is 1.87 bits per heavy atom. The van der Waals surface area contributed by atoms with Gasteiger partial charge in [-0.05, 0) is 38.1 Å². The molecular formula is C22H22N2O6. The Balaban J connectivity index is 1.59. The lowest BCUT2D eigenvalue weighted by Crippen LogP contribution is -2.41. The van der Waals surface area contributed by atoms with Crippen molar-refractivity contribution in [1.29, 1.82) is 0 Å². The van der Waals surface area contributed by atoms with Crippen molar-refractivity contribution in [3.8, 4) is 5.75 Å². The molecule has 1 aliphatic rings. The summed E-state index contributed by atoms with van der Waals surface area (Å²) in [5, 5.41) is 2.77. The first-order valence-corrected chi connectivity index (χ1v) is 9.45. The number of para-hydroxylation sites is 2. The molecule has 30 heavy (non-hydrogen) atoms. The summed E-state index contributed by atoms with van der Waals surface area (Å²) >= 11 is 0. The number of carbonyl (C=O) groups is 4. The molecule has 2 amide bonds. The number of esters is 1. The van der Waals surface area contributed by atoms with Gasteiger partial charge in [0.1, 0.15) is 5.75 Å². The summed E-state index contributed by atoms with van der Waals surface area (Å²) in [6.45, 7) is 2.31. The zero-order chi connectivity index (χ0) is 21.7. The lowest BCUT2D eigenvalue weighted by atomic mass is 10.1. The van der Waals surface area contributed by atoms with Crippen molar-refractivity contribution in [3.05, 3.63) is 54.1 Å². The first-order chi connectivity index (χ1) is 14.3. The van der Waals surface area contributed by atoms with Crippen molar-refractivity contribution in [2.75, 3.05) is 23.4 Å². The van der Waals surface area contributed by atoms with Crippen LogP contribution in [0.1, 0.15) is 30.6 Å². The second-order valence-corrected chi connectivity index (χ2v) is 6.92. The number of carbonyl (C=O) groups excluding carboxylic acids is 4. The summed E-state index contributed by atoms with van der Waals surface area (Å²) < 4.78 is 10.4. The molecule has 0 saturated carbocycles. The molecule has 0 radical (unpaired) electrons. The average Bonchev–Trinajstić information content (AvgIpc) is 2.84. The molecule has 3 rings (SSSR count). The molecule has 1 aliphatic heterocycles. The van der Waals surface area contributed by atoms with Crippen LogP contribution in [0.15, 0.2) is 48.5 Å². The smallest absolute Gasteiger partial charge is 0.344 e. The van der Waals surface area contributed by atoms with Crippen LogP contribution >= 0.6 is 0 Å². The third-order valence-electron chi connectivity index (χ3n) is 4.58. The molecule has 2 aromatic carbocycles. The fraction of sp³-hybridized carbons (Fsp3) is 0.273. The van der Waals surface area contributed by atoms with Gasteiger partial charge in [0, 0.05) is 18.0 Å². The summed E-state index contributed by atoms with van der Waals surface area (Å²) in [6, 6.07) is 13.0. The van der Waals surface area contributed by atoms with Gasteiger partial charge in [-0.15, -0.1) is 0 Å². The van der Waals surface area contributed by atoms with E-state index in [1.165, 1.54) is 17.9 Å². The second kappa shape index (κ2) is 9.21. The molecule has 1 atom stereocenters. The average molecular weight is 410 g/mol. The number of anilines is 2. The van der Waals surface area contributed by atoms with Crippen LogP contribution in [0.5, 0.6) is 5.75 Å². The van der Waals surface area contributed by atoms with Crippen LogP contribution < -0.4 is 15.0 Å². The van der Waals surface area contributed by atoms with Crippen LogP contribution in [0.25, 0.3) is 0 Å². The molecule has 0 aromatic heterocycles. The van der Waals surface area contributed by atoms with Gasteiger partial charge in [0.15, 0.2) is 19.0 Å². The van der Waals surface area contributed by atoms with Crippen molar-refractivity contribution in [2.45, 2.75) is 26.3 Å². The van der Waals surface area contributed by atoms with E-state index >= 15 is 0 Å².